The first-order valence-electron chi connectivity index (χ1n) is 20.5. The van der Waals surface area contributed by atoms with Crippen molar-refractivity contribution >= 4 is 11.9 Å². The molecule has 0 saturated carbocycles. The fraction of sp³-hybridized carbons (Fsp3) is 0.902. The average molecular weight is 699 g/mol. The Morgan fingerprint density at radius 1 is 0.694 bits per heavy atom. The van der Waals surface area contributed by atoms with Crippen molar-refractivity contribution in [2.24, 2.45) is 0 Å². The molecule has 0 spiro atoms. The zero-order chi connectivity index (χ0) is 35.9. The molecule has 1 saturated heterocycles. The van der Waals surface area contributed by atoms with Gasteiger partial charge in [-0.2, -0.15) is 0 Å². The van der Waals surface area contributed by atoms with Crippen LogP contribution in [0.15, 0.2) is 12.2 Å². The lowest BCUT2D eigenvalue weighted by atomic mass is 10.0. The Morgan fingerprint density at radius 3 is 1.76 bits per heavy atom. The quantitative estimate of drug-likeness (QED) is 0.0345. The summed E-state index contributed by atoms with van der Waals surface area (Å²) < 4.78 is 16.0. The van der Waals surface area contributed by atoms with Crippen LogP contribution in [0.4, 0.5) is 0 Å². The molecule has 8 nitrogen and oxygen atoms in total. The predicted molar refractivity (Wildman–Crippen MR) is 201 cm³/mol. The van der Waals surface area contributed by atoms with Gasteiger partial charge in [0.15, 0.2) is 0 Å². The van der Waals surface area contributed by atoms with Crippen LogP contribution in [0.25, 0.3) is 0 Å². The maximum absolute atomic E-state index is 11.7. The van der Waals surface area contributed by atoms with E-state index in [2.05, 4.69) is 19.1 Å². The van der Waals surface area contributed by atoms with Crippen molar-refractivity contribution in [3.8, 4) is 0 Å². The number of aliphatic hydroxyl groups excluding tert-OH is 2. The highest BCUT2D eigenvalue weighted by molar-refractivity contribution is 5.69. The van der Waals surface area contributed by atoms with E-state index in [1.807, 2.05) is 0 Å². The minimum Gasteiger partial charge on any atom is -0.481 e. The summed E-state index contributed by atoms with van der Waals surface area (Å²) in [5.74, 6) is -0.797. The van der Waals surface area contributed by atoms with Gasteiger partial charge < -0.3 is 29.5 Å². The van der Waals surface area contributed by atoms with E-state index in [9.17, 15) is 14.7 Å². The second kappa shape index (κ2) is 39.3. The summed E-state index contributed by atoms with van der Waals surface area (Å²) in [6.45, 7) is 4.62. The van der Waals surface area contributed by atoms with Crippen molar-refractivity contribution in [3.63, 3.8) is 0 Å². The van der Waals surface area contributed by atoms with Crippen molar-refractivity contribution in [3.05, 3.63) is 12.2 Å². The number of aliphatic carboxylic acids is 1. The van der Waals surface area contributed by atoms with Gasteiger partial charge in [-0.25, -0.2) is 0 Å². The van der Waals surface area contributed by atoms with Crippen molar-refractivity contribution in [2.45, 2.75) is 205 Å². The molecule has 290 valence electrons. The average Bonchev–Trinajstić information content (AvgIpc) is 3.10. The smallest absolute Gasteiger partial charge is 0.305 e. The summed E-state index contributed by atoms with van der Waals surface area (Å²) in [5, 5.41) is 27.0. The molecule has 0 aliphatic carbocycles. The molecule has 0 aromatic carbocycles. The molecule has 1 aliphatic heterocycles. The number of rotatable bonds is 34. The summed E-state index contributed by atoms with van der Waals surface area (Å²) in [4.78, 5) is 22.0. The summed E-state index contributed by atoms with van der Waals surface area (Å²) in [7, 11) is 0. The van der Waals surface area contributed by atoms with Crippen LogP contribution in [0, 0.1) is 0 Å². The van der Waals surface area contributed by atoms with E-state index in [1.54, 1.807) is 0 Å². The number of carboxylic acids is 1. The van der Waals surface area contributed by atoms with Crippen LogP contribution in [0.3, 0.4) is 0 Å². The summed E-state index contributed by atoms with van der Waals surface area (Å²) >= 11 is 0. The molecule has 1 unspecified atom stereocenters. The van der Waals surface area contributed by atoms with E-state index in [-0.39, 0.29) is 18.2 Å². The van der Waals surface area contributed by atoms with Crippen LogP contribution in [0.5, 0.6) is 0 Å². The first kappa shape index (κ1) is 47.5. The number of allylic oxidation sites excluding steroid dienone is 1. The van der Waals surface area contributed by atoms with E-state index < -0.39 is 5.97 Å². The number of hydrogen-bond donors (Lipinski definition) is 3. The number of carbonyl (C=O) groups is 2. The first-order chi connectivity index (χ1) is 24.0. The first-order valence-corrected chi connectivity index (χ1v) is 20.5. The van der Waals surface area contributed by atoms with Gasteiger partial charge in [0.1, 0.15) is 12.7 Å². The van der Waals surface area contributed by atoms with Gasteiger partial charge in [0.05, 0.1) is 25.9 Å². The Morgan fingerprint density at radius 2 is 1.22 bits per heavy atom. The van der Waals surface area contributed by atoms with Crippen LogP contribution < -0.4 is 0 Å². The molecular weight excluding hydrogens is 620 g/mol. The second-order valence-electron chi connectivity index (χ2n) is 13.9. The summed E-state index contributed by atoms with van der Waals surface area (Å²) in [6, 6.07) is 0. The topological polar surface area (TPSA) is 123 Å². The molecular formula is C41H78O8. The van der Waals surface area contributed by atoms with Gasteiger partial charge in [0.25, 0.3) is 0 Å². The fourth-order valence-electron chi connectivity index (χ4n) is 5.93. The van der Waals surface area contributed by atoms with Gasteiger partial charge in [-0.05, 0) is 44.9 Å². The number of hydrogen-bond acceptors (Lipinski definition) is 7. The Labute approximate surface area is 301 Å². The highest BCUT2D eigenvalue weighted by Crippen LogP contribution is 2.14. The molecule has 0 aromatic rings. The van der Waals surface area contributed by atoms with Gasteiger partial charge in [0, 0.05) is 19.4 Å². The van der Waals surface area contributed by atoms with E-state index in [0.717, 1.165) is 70.6 Å². The van der Waals surface area contributed by atoms with Gasteiger partial charge in [-0.15, -0.1) is 0 Å². The Balaban J connectivity index is 0.000000983. The van der Waals surface area contributed by atoms with E-state index >= 15 is 0 Å². The zero-order valence-corrected chi connectivity index (χ0v) is 31.7. The van der Waals surface area contributed by atoms with Crippen molar-refractivity contribution in [1.29, 1.82) is 0 Å². The van der Waals surface area contributed by atoms with E-state index in [1.165, 1.54) is 103 Å². The lowest BCUT2D eigenvalue weighted by molar-refractivity contribution is -0.155. The predicted octanol–water partition coefficient (Wildman–Crippen LogP) is 10.3. The minimum absolute atomic E-state index is 0.0884. The number of aliphatic hydroxyl groups is 2. The molecule has 0 bridgehead atoms. The molecule has 8 heteroatoms. The molecule has 1 heterocycles. The van der Waals surface area contributed by atoms with E-state index in [0.29, 0.717) is 45.9 Å². The van der Waals surface area contributed by atoms with Gasteiger partial charge in [-0.3, -0.25) is 9.59 Å². The molecule has 0 radical (unpaired) electrons. The molecule has 1 fully saturated rings. The number of carbonyl (C=O) groups excluding carboxylic acids is 1. The highest BCUT2D eigenvalue weighted by atomic mass is 16.6. The van der Waals surface area contributed by atoms with E-state index in [4.69, 9.17) is 24.4 Å². The number of carboxylic acid groups (broad SMARTS) is 1. The molecule has 0 amide bonds. The molecule has 49 heavy (non-hydrogen) atoms. The Bertz CT molecular complexity index is 722. The van der Waals surface area contributed by atoms with Gasteiger partial charge in [-0.1, -0.05) is 147 Å². The third kappa shape index (κ3) is 39.2. The minimum atomic E-state index is -0.689. The maximum Gasteiger partial charge on any atom is 0.305 e. The highest BCUT2D eigenvalue weighted by Gasteiger charge is 2.16. The Hall–Kier alpha value is -1.48. The zero-order valence-electron chi connectivity index (χ0n) is 31.7. The molecule has 0 aromatic heterocycles. The van der Waals surface area contributed by atoms with Crippen LogP contribution in [0.2, 0.25) is 0 Å². The van der Waals surface area contributed by atoms with Crippen LogP contribution in [-0.2, 0) is 23.8 Å². The fourth-order valence-corrected chi connectivity index (χ4v) is 5.93. The van der Waals surface area contributed by atoms with Crippen molar-refractivity contribution in [2.75, 3.05) is 33.0 Å². The number of unbranched alkanes of at least 4 members (excludes halogenated alkanes) is 22. The van der Waals surface area contributed by atoms with Gasteiger partial charge >= 0.3 is 11.9 Å². The third-order valence-electron chi connectivity index (χ3n) is 9.08. The Kier molecular flexibility index (Phi) is 38.1. The number of esters is 1. The molecule has 3 N–H and O–H groups in total. The van der Waals surface area contributed by atoms with Crippen molar-refractivity contribution in [1.82, 2.24) is 0 Å². The molecule has 1 aliphatic rings. The van der Waals surface area contributed by atoms with Crippen LogP contribution >= 0.6 is 0 Å². The summed E-state index contributed by atoms with van der Waals surface area (Å²) in [5.41, 5.74) is 0. The largest absolute Gasteiger partial charge is 0.481 e. The maximum atomic E-state index is 11.7. The third-order valence-corrected chi connectivity index (χ3v) is 9.08. The summed E-state index contributed by atoms with van der Waals surface area (Å²) in [6.07, 6.45) is 36.6. The number of ether oxygens (including phenoxy) is 3. The normalized spacial score (nSPS) is 15.2. The second-order valence-corrected chi connectivity index (χ2v) is 13.9. The standard InChI is InChI=1S/C23H44O5.C18H34O3/c24-17-15-13-11-9-7-5-3-1-2-4-6-8-10-12-14-16-23(25)28-21-22-20-26-18-19-27-22;1-2-3-4-11-14-17(19)15-12-9-7-5-6-8-10-13-16-18(20)21/h22,24H,1-21H2;9,12,17,19H,2-8,10-11,13-16H2,1H3,(H,20,21)/b;12-9-/t;17-/m.1/s1. The van der Waals surface area contributed by atoms with Crippen molar-refractivity contribution < 1.29 is 39.1 Å². The monoisotopic (exact) mass is 699 g/mol. The molecule has 2 atom stereocenters. The molecule has 1 rings (SSSR count). The lowest BCUT2D eigenvalue weighted by Gasteiger charge is -2.22. The van der Waals surface area contributed by atoms with Crippen LogP contribution in [0.1, 0.15) is 193 Å². The van der Waals surface area contributed by atoms with Gasteiger partial charge in [0.2, 0.25) is 0 Å². The SMILES string of the molecule is CCCCCC[C@@H](O)C/C=C\CCCCCCCC(=O)O.O=C(CCCCCCCCCCCCCCCCCO)OCC1COCCO1. The lowest BCUT2D eigenvalue weighted by Crippen LogP contribution is -2.33. The van der Waals surface area contributed by atoms with Crippen LogP contribution in [-0.4, -0.2) is 72.5 Å².